The van der Waals surface area contributed by atoms with Gasteiger partial charge in [-0.25, -0.2) is 0 Å². The second kappa shape index (κ2) is 7.88. The number of hydrogen-bond donors (Lipinski definition) is 1. The van der Waals surface area contributed by atoms with Crippen LogP contribution >= 0.6 is 0 Å². The van der Waals surface area contributed by atoms with Crippen molar-refractivity contribution >= 4 is 0 Å². The second-order valence-corrected chi connectivity index (χ2v) is 5.16. The van der Waals surface area contributed by atoms with Gasteiger partial charge in [0.1, 0.15) is 0 Å². The molecule has 0 aromatic rings. The average Bonchev–Trinajstić information content (AvgIpc) is 2.39. The Bertz CT molecular complexity index is 209. The van der Waals surface area contributed by atoms with Crippen LogP contribution in [0.15, 0.2) is 12.7 Å². The first-order chi connectivity index (χ1) is 8.29. The standard InChI is InChI=1S/C15H29NO/c1-4-6-8-11-14(16-5-2)15(17-3)12-9-7-10-13-15/h4,14,16H,1,5-13H2,2-3H3. The van der Waals surface area contributed by atoms with Crippen molar-refractivity contribution in [2.75, 3.05) is 13.7 Å². The molecule has 1 aliphatic rings. The lowest BCUT2D eigenvalue weighted by Crippen LogP contribution is -2.53. The van der Waals surface area contributed by atoms with Crippen LogP contribution in [0.4, 0.5) is 0 Å². The van der Waals surface area contributed by atoms with Gasteiger partial charge in [-0.1, -0.05) is 32.3 Å². The van der Waals surface area contributed by atoms with Gasteiger partial charge >= 0.3 is 0 Å². The summed E-state index contributed by atoms with van der Waals surface area (Å²) in [6.07, 6.45) is 12.0. The second-order valence-electron chi connectivity index (χ2n) is 5.16. The van der Waals surface area contributed by atoms with E-state index in [1.54, 1.807) is 0 Å². The maximum atomic E-state index is 5.94. The van der Waals surface area contributed by atoms with Gasteiger partial charge in [0, 0.05) is 13.2 Å². The first-order valence-electron chi connectivity index (χ1n) is 7.18. The smallest absolute Gasteiger partial charge is 0.0830 e. The van der Waals surface area contributed by atoms with Crippen LogP contribution in [0.5, 0.6) is 0 Å². The summed E-state index contributed by atoms with van der Waals surface area (Å²) in [6.45, 7) is 7.02. The molecular formula is C15H29NO. The molecule has 0 spiro atoms. The van der Waals surface area contributed by atoms with Crippen molar-refractivity contribution in [2.24, 2.45) is 0 Å². The van der Waals surface area contributed by atoms with E-state index in [0.717, 1.165) is 13.0 Å². The third kappa shape index (κ3) is 4.11. The van der Waals surface area contributed by atoms with Gasteiger partial charge in [0.2, 0.25) is 0 Å². The van der Waals surface area contributed by atoms with E-state index in [1.165, 1.54) is 44.9 Å². The van der Waals surface area contributed by atoms with E-state index in [0.29, 0.717) is 6.04 Å². The van der Waals surface area contributed by atoms with Gasteiger partial charge in [-0.2, -0.15) is 0 Å². The van der Waals surface area contributed by atoms with Gasteiger partial charge in [-0.15, -0.1) is 6.58 Å². The molecule has 17 heavy (non-hydrogen) atoms. The number of ether oxygens (including phenoxy) is 1. The Kier molecular flexibility index (Phi) is 6.83. The molecule has 1 saturated carbocycles. The molecule has 0 saturated heterocycles. The normalized spacial score (nSPS) is 21.1. The Morgan fingerprint density at radius 3 is 2.59 bits per heavy atom. The predicted octanol–water partition coefficient (Wildman–Crippen LogP) is 3.67. The lowest BCUT2D eigenvalue weighted by atomic mass is 9.77. The summed E-state index contributed by atoms with van der Waals surface area (Å²) in [6, 6.07) is 0.512. The third-order valence-electron chi connectivity index (χ3n) is 4.09. The first-order valence-corrected chi connectivity index (χ1v) is 7.18. The lowest BCUT2D eigenvalue weighted by Gasteiger charge is -2.43. The Balaban J connectivity index is 2.59. The predicted molar refractivity (Wildman–Crippen MR) is 74.3 cm³/mol. The molecule has 0 aromatic carbocycles. The van der Waals surface area contributed by atoms with Crippen LogP contribution < -0.4 is 5.32 Å². The molecule has 0 bridgehead atoms. The molecular weight excluding hydrogens is 210 g/mol. The number of allylic oxidation sites excluding steroid dienone is 1. The van der Waals surface area contributed by atoms with Crippen LogP contribution in [0.1, 0.15) is 58.3 Å². The largest absolute Gasteiger partial charge is 0.377 e. The molecule has 0 heterocycles. The fraction of sp³-hybridized carbons (Fsp3) is 0.867. The van der Waals surface area contributed by atoms with Gasteiger partial charge in [0.25, 0.3) is 0 Å². The van der Waals surface area contributed by atoms with E-state index < -0.39 is 0 Å². The molecule has 1 N–H and O–H groups in total. The van der Waals surface area contributed by atoms with E-state index in [4.69, 9.17) is 4.74 Å². The lowest BCUT2D eigenvalue weighted by molar-refractivity contribution is -0.0692. The highest BCUT2D eigenvalue weighted by Gasteiger charge is 2.38. The molecule has 100 valence electrons. The molecule has 1 unspecified atom stereocenters. The quantitative estimate of drug-likeness (QED) is 0.515. The zero-order chi connectivity index (χ0) is 12.6. The maximum Gasteiger partial charge on any atom is 0.0830 e. The van der Waals surface area contributed by atoms with E-state index in [1.807, 2.05) is 13.2 Å². The highest BCUT2D eigenvalue weighted by molar-refractivity contribution is 4.95. The third-order valence-corrected chi connectivity index (χ3v) is 4.09. The Morgan fingerprint density at radius 1 is 1.35 bits per heavy atom. The van der Waals surface area contributed by atoms with Crippen molar-refractivity contribution in [1.29, 1.82) is 0 Å². The SMILES string of the molecule is C=CCCCC(NCC)C1(OC)CCCCC1. The Hall–Kier alpha value is -0.340. The summed E-state index contributed by atoms with van der Waals surface area (Å²) in [5, 5.41) is 3.64. The zero-order valence-electron chi connectivity index (χ0n) is 11.6. The highest BCUT2D eigenvalue weighted by Crippen LogP contribution is 2.35. The van der Waals surface area contributed by atoms with Crippen LogP contribution in [0.2, 0.25) is 0 Å². The van der Waals surface area contributed by atoms with Crippen molar-refractivity contribution in [2.45, 2.75) is 69.9 Å². The number of rotatable bonds is 8. The molecule has 1 rings (SSSR count). The minimum absolute atomic E-state index is 0.0927. The number of methoxy groups -OCH3 is 1. The van der Waals surface area contributed by atoms with Gasteiger partial charge in [-0.05, 0) is 38.6 Å². The fourth-order valence-corrected chi connectivity index (χ4v) is 3.11. The summed E-state index contributed by atoms with van der Waals surface area (Å²) in [5.41, 5.74) is 0.0927. The number of likely N-dealkylation sites (N-methyl/N-ethyl adjacent to an activating group) is 1. The Morgan fingerprint density at radius 2 is 2.06 bits per heavy atom. The van der Waals surface area contributed by atoms with Crippen LogP contribution in [0, 0.1) is 0 Å². The molecule has 1 aliphatic carbocycles. The van der Waals surface area contributed by atoms with Crippen LogP contribution in [-0.4, -0.2) is 25.3 Å². The van der Waals surface area contributed by atoms with E-state index in [9.17, 15) is 0 Å². The number of hydrogen-bond acceptors (Lipinski definition) is 2. The van der Waals surface area contributed by atoms with Gasteiger partial charge in [0.05, 0.1) is 5.60 Å². The van der Waals surface area contributed by atoms with Crippen molar-refractivity contribution in [3.8, 4) is 0 Å². The molecule has 1 fully saturated rings. The van der Waals surface area contributed by atoms with Crippen molar-refractivity contribution in [3.63, 3.8) is 0 Å². The highest BCUT2D eigenvalue weighted by atomic mass is 16.5. The van der Waals surface area contributed by atoms with Crippen molar-refractivity contribution < 1.29 is 4.74 Å². The fourth-order valence-electron chi connectivity index (χ4n) is 3.11. The van der Waals surface area contributed by atoms with E-state index >= 15 is 0 Å². The molecule has 2 nitrogen and oxygen atoms in total. The average molecular weight is 239 g/mol. The topological polar surface area (TPSA) is 21.3 Å². The summed E-state index contributed by atoms with van der Waals surface area (Å²) in [4.78, 5) is 0. The first kappa shape index (κ1) is 14.7. The van der Waals surface area contributed by atoms with Crippen LogP contribution in [0.3, 0.4) is 0 Å². The van der Waals surface area contributed by atoms with Crippen LogP contribution in [-0.2, 0) is 4.74 Å². The van der Waals surface area contributed by atoms with E-state index in [2.05, 4.69) is 18.8 Å². The molecule has 0 radical (unpaired) electrons. The molecule has 2 heteroatoms. The monoisotopic (exact) mass is 239 g/mol. The van der Waals surface area contributed by atoms with Gasteiger partial charge < -0.3 is 10.1 Å². The maximum absolute atomic E-state index is 5.94. The summed E-state index contributed by atoms with van der Waals surface area (Å²) >= 11 is 0. The van der Waals surface area contributed by atoms with Crippen molar-refractivity contribution in [3.05, 3.63) is 12.7 Å². The summed E-state index contributed by atoms with van der Waals surface area (Å²) < 4.78 is 5.94. The van der Waals surface area contributed by atoms with Crippen molar-refractivity contribution in [1.82, 2.24) is 5.32 Å². The Labute approximate surface area is 107 Å². The van der Waals surface area contributed by atoms with Crippen LogP contribution in [0.25, 0.3) is 0 Å². The van der Waals surface area contributed by atoms with Gasteiger partial charge in [-0.3, -0.25) is 0 Å². The molecule has 0 aromatic heterocycles. The molecule has 1 atom stereocenters. The number of nitrogens with one attached hydrogen (secondary N) is 1. The molecule has 0 aliphatic heterocycles. The number of unbranched alkanes of at least 4 members (excludes halogenated alkanes) is 1. The summed E-state index contributed by atoms with van der Waals surface area (Å²) in [7, 11) is 1.89. The van der Waals surface area contributed by atoms with E-state index in [-0.39, 0.29) is 5.60 Å². The molecule has 0 amide bonds. The summed E-state index contributed by atoms with van der Waals surface area (Å²) in [5.74, 6) is 0. The van der Waals surface area contributed by atoms with Gasteiger partial charge in [0.15, 0.2) is 0 Å². The minimum atomic E-state index is 0.0927. The zero-order valence-corrected chi connectivity index (χ0v) is 11.6. The minimum Gasteiger partial charge on any atom is -0.377 e.